The molecule has 0 unspecified atom stereocenters. The smallest absolute Gasteiger partial charge is 0.270 e. The van der Waals surface area contributed by atoms with Crippen molar-refractivity contribution in [2.24, 2.45) is 0 Å². The largest absolute Gasteiger partial charge is 0.497 e. The van der Waals surface area contributed by atoms with Gasteiger partial charge in [-0.2, -0.15) is 0 Å². The van der Waals surface area contributed by atoms with Crippen LogP contribution in [0.5, 0.6) is 5.75 Å². The molecule has 1 fully saturated rings. The fraction of sp³-hybridized carbons (Fsp3) is 0.286. The van der Waals surface area contributed by atoms with Crippen molar-refractivity contribution in [3.8, 4) is 17.0 Å². The number of non-ortho nitro benzene ring substituents is 1. The van der Waals surface area contributed by atoms with Gasteiger partial charge in [-0.1, -0.05) is 18.2 Å². The Kier molecular flexibility index (Phi) is 5.92. The number of nitrogens with zero attached hydrogens (tertiary/aromatic N) is 3. The minimum atomic E-state index is -3.63. The number of ether oxygens (including phenoxy) is 1. The molecule has 2 aromatic carbocycles. The first-order chi connectivity index (χ1) is 14.9. The molecule has 3 aromatic rings. The van der Waals surface area contributed by atoms with E-state index in [4.69, 9.17) is 9.72 Å². The number of benzene rings is 2. The maximum atomic E-state index is 13.0. The molecule has 1 aromatic heterocycles. The molecule has 0 bridgehead atoms. The minimum Gasteiger partial charge on any atom is -0.497 e. The Morgan fingerprint density at radius 3 is 2.61 bits per heavy atom. The van der Waals surface area contributed by atoms with Crippen LogP contribution < -0.4 is 9.64 Å². The van der Waals surface area contributed by atoms with E-state index < -0.39 is 20.0 Å². The lowest BCUT2D eigenvalue weighted by molar-refractivity contribution is -0.385. The number of nitro groups is 1. The number of anilines is 1. The van der Waals surface area contributed by atoms with Crippen LogP contribution in [0.1, 0.15) is 12.8 Å². The Bertz CT molecular complexity index is 1200. The Morgan fingerprint density at radius 1 is 1.16 bits per heavy atom. The molecule has 162 valence electrons. The second kappa shape index (κ2) is 8.64. The van der Waals surface area contributed by atoms with Gasteiger partial charge in [-0.05, 0) is 31.0 Å². The molecule has 2 heterocycles. The summed E-state index contributed by atoms with van der Waals surface area (Å²) in [5.41, 5.74) is 1.60. The summed E-state index contributed by atoms with van der Waals surface area (Å²) >= 11 is 1.52. The van der Waals surface area contributed by atoms with E-state index in [0.29, 0.717) is 25.9 Å². The van der Waals surface area contributed by atoms with Crippen molar-refractivity contribution in [2.75, 3.05) is 25.1 Å². The molecule has 0 atom stereocenters. The minimum absolute atomic E-state index is 0.00899. The molecule has 1 aliphatic rings. The van der Waals surface area contributed by atoms with E-state index in [1.165, 1.54) is 29.5 Å². The molecule has 31 heavy (non-hydrogen) atoms. The predicted molar refractivity (Wildman–Crippen MR) is 120 cm³/mol. The third kappa shape index (κ3) is 4.40. The van der Waals surface area contributed by atoms with Crippen molar-refractivity contribution in [3.63, 3.8) is 0 Å². The van der Waals surface area contributed by atoms with Gasteiger partial charge in [-0.15, -0.1) is 11.3 Å². The first-order valence-corrected chi connectivity index (χ1v) is 12.1. The summed E-state index contributed by atoms with van der Waals surface area (Å²) in [6.07, 6.45) is 0.887. The van der Waals surface area contributed by atoms with E-state index in [1.807, 2.05) is 29.6 Å². The highest BCUT2D eigenvalue weighted by atomic mass is 32.2. The number of rotatable bonds is 6. The second-order valence-electron chi connectivity index (χ2n) is 7.23. The lowest BCUT2D eigenvalue weighted by Crippen LogP contribution is -2.39. The van der Waals surface area contributed by atoms with Gasteiger partial charge in [0.15, 0.2) is 15.0 Å². The topological polar surface area (TPSA) is 103 Å². The van der Waals surface area contributed by atoms with Gasteiger partial charge in [0, 0.05) is 36.2 Å². The van der Waals surface area contributed by atoms with E-state index in [1.54, 1.807) is 7.11 Å². The number of methoxy groups -OCH3 is 1. The third-order valence-electron chi connectivity index (χ3n) is 5.37. The van der Waals surface area contributed by atoms with Crippen molar-refractivity contribution in [1.29, 1.82) is 0 Å². The Hall–Kier alpha value is -2.98. The summed E-state index contributed by atoms with van der Waals surface area (Å²) < 4.78 is 31.2. The fourth-order valence-corrected chi connectivity index (χ4v) is 6.31. The van der Waals surface area contributed by atoms with Gasteiger partial charge >= 0.3 is 0 Å². The SMILES string of the molecule is COc1cccc(-c2csc(N3CCC(S(=O)(=O)c4cccc([N+](=O)[O-])c4)CC3)n2)c1. The number of hydrogen-bond donors (Lipinski definition) is 0. The fourth-order valence-electron chi connectivity index (χ4n) is 3.65. The molecule has 10 heteroatoms. The van der Waals surface area contributed by atoms with Crippen LogP contribution in [0, 0.1) is 10.1 Å². The average molecular weight is 460 g/mol. The third-order valence-corrected chi connectivity index (χ3v) is 8.53. The number of thiazole rings is 1. The molecule has 0 N–H and O–H groups in total. The number of nitro benzene ring substituents is 1. The second-order valence-corrected chi connectivity index (χ2v) is 10.3. The van der Waals surface area contributed by atoms with Crippen LogP contribution in [0.3, 0.4) is 0 Å². The zero-order valence-corrected chi connectivity index (χ0v) is 18.4. The van der Waals surface area contributed by atoms with Crippen LogP contribution in [0.15, 0.2) is 58.8 Å². The number of hydrogen-bond acceptors (Lipinski definition) is 8. The molecular formula is C21H21N3O5S2. The van der Waals surface area contributed by atoms with E-state index in [-0.39, 0.29) is 10.6 Å². The summed E-state index contributed by atoms with van der Waals surface area (Å²) in [4.78, 5) is 17.2. The summed E-state index contributed by atoms with van der Waals surface area (Å²) in [7, 11) is -2.01. The van der Waals surface area contributed by atoms with Crippen LogP contribution in [0.2, 0.25) is 0 Å². The first-order valence-electron chi connectivity index (χ1n) is 9.72. The monoisotopic (exact) mass is 459 g/mol. The van der Waals surface area contributed by atoms with Gasteiger partial charge in [-0.3, -0.25) is 10.1 Å². The normalized spacial score (nSPS) is 15.1. The van der Waals surface area contributed by atoms with Crippen molar-refractivity contribution in [2.45, 2.75) is 23.0 Å². The van der Waals surface area contributed by atoms with Gasteiger partial charge in [0.2, 0.25) is 0 Å². The highest BCUT2D eigenvalue weighted by Crippen LogP contribution is 2.33. The first kappa shape index (κ1) is 21.3. The van der Waals surface area contributed by atoms with Crippen LogP contribution >= 0.6 is 11.3 Å². The number of piperidine rings is 1. The molecule has 0 spiro atoms. The Balaban J connectivity index is 1.46. The molecule has 0 saturated carbocycles. The van der Waals surface area contributed by atoms with Crippen molar-refractivity contribution in [3.05, 3.63) is 64.0 Å². The summed E-state index contributed by atoms with van der Waals surface area (Å²) in [5.74, 6) is 0.763. The van der Waals surface area contributed by atoms with Crippen LogP contribution in [-0.4, -0.2) is 43.8 Å². The summed E-state index contributed by atoms with van der Waals surface area (Å²) in [6.45, 7) is 1.12. The van der Waals surface area contributed by atoms with E-state index in [9.17, 15) is 18.5 Å². The molecular weight excluding hydrogens is 438 g/mol. The zero-order valence-electron chi connectivity index (χ0n) is 16.8. The molecule has 0 amide bonds. The Morgan fingerprint density at radius 2 is 1.90 bits per heavy atom. The lowest BCUT2D eigenvalue weighted by atomic mass is 10.1. The van der Waals surface area contributed by atoms with Crippen LogP contribution in [0.25, 0.3) is 11.3 Å². The molecule has 4 rings (SSSR count). The molecule has 8 nitrogen and oxygen atoms in total. The zero-order chi connectivity index (χ0) is 22.0. The molecule has 0 aliphatic carbocycles. The molecule has 1 aliphatic heterocycles. The standard InChI is InChI=1S/C21H21N3O5S2/c1-29-17-6-2-4-15(12-17)20-14-30-21(22-20)23-10-8-18(9-11-23)31(27,28)19-7-3-5-16(13-19)24(25)26/h2-7,12-14,18H,8-11H2,1H3. The van der Waals surface area contributed by atoms with E-state index in [2.05, 4.69) is 4.90 Å². The van der Waals surface area contributed by atoms with E-state index >= 15 is 0 Å². The highest BCUT2D eigenvalue weighted by molar-refractivity contribution is 7.92. The predicted octanol–water partition coefficient (Wildman–Crippen LogP) is 4.17. The molecule has 0 radical (unpaired) electrons. The summed E-state index contributed by atoms with van der Waals surface area (Å²) in [5, 5.41) is 13.3. The maximum absolute atomic E-state index is 13.0. The van der Waals surface area contributed by atoms with E-state index in [0.717, 1.165) is 28.2 Å². The van der Waals surface area contributed by atoms with Crippen molar-refractivity contribution >= 4 is 32.0 Å². The number of sulfone groups is 1. The molecule has 1 saturated heterocycles. The van der Waals surface area contributed by atoms with Gasteiger partial charge in [0.05, 0.1) is 27.9 Å². The highest BCUT2D eigenvalue weighted by Gasteiger charge is 2.32. The van der Waals surface area contributed by atoms with Crippen molar-refractivity contribution in [1.82, 2.24) is 4.98 Å². The quantitative estimate of drug-likeness (QED) is 0.403. The maximum Gasteiger partial charge on any atom is 0.270 e. The van der Waals surface area contributed by atoms with Gasteiger partial charge in [0.25, 0.3) is 5.69 Å². The van der Waals surface area contributed by atoms with Gasteiger partial charge in [0.1, 0.15) is 5.75 Å². The lowest BCUT2D eigenvalue weighted by Gasteiger charge is -2.31. The Labute approximate surface area is 184 Å². The van der Waals surface area contributed by atoms with Gasteiger partial charge < -0.3 is 9.64 Å². The average Bonchev–Trinajstić information content (AvgIpc) is 3.30. The van der Waals surface area contributed by atoms with Crippen LogP contribution in [0.4, 0.5) is 10.8 Å². The number of aromatic nitrogens is 1. The van der Waals surface area contributed by atoms with Crippen LogP contribution in [-0.2, 0) is 9.84 Å². The summed E-state index contributed by atoms with van der Waals surface area (Å²) in [6, 6.07) is 13.0. The van der Waals surface area contributed by atoms with Crippen molar-refractivity contribution < 1.29 is 18.1 Å². The van der Waals surface area contributed by atoms with Gasteiger partial charge in [-0.25, -0.2) is 13.4 Å².